The third-order valence-electron chi connectivity index (χ3n) is 6.30. The highest BCUT2D eigenvalue weighted by molar-refractivity contribution is 7.93. The zero-order chi connectivity index (χ0) is 29.8. The Morgan fingerprint density at radius 2 is 1.41 bits per heavy atom. The van der Waals surface area contributed by atoms with Crippen LogP contribution in [0.1, 0.15) is 16.7 Å². The molecule has 0 fully saturated rings. The first-order valence-corrected chi connectivity index (χ1v) is 15.6. The van der Waals surface area contributed by atoms with Gasteiger partial charge in [-0.3, -0.25) is 13.8 Å². The summed E-state index contributed by atoms with van der Waals surface area (Å²) in [7, 11) is -6.60. The molecular formula is C30H31N3O6S2. The average Bonchev–Trinajstić information content (AvgIpc) is 2.94. The van der Waals surface area contributed by atoms with Crippen molar-refractivity contribution in [2.45, 2.75) is 30.6 Å². The van der Waals surface area contributed by atoms with E-state index in [2.05, 4.69) is 10.0 Å². The van der Waals surface area contributed by atoms with Crippen molar-refractivity contribution >= 4 is 43.0 Å². The van der Waals surface area contributed by atoms with Gasteiger partial charge in [-0.05, 0) is 86.5 Å². The normalized spacial score (nSPS) is 11.5. The summed E-state index contributed by atoms with van der Waals surface area (Å²) >= 11 is 0. The summed E-state index contributed by atoms with van der Waals surface area (Å²) in [6.45, 7) is 5.00. The quantitative estimate of drug-likeness (QED) is 0.259. The summed E-state index contributed by atoms with van der Waals surface area (Å²) in [4.78, 5) is 13.2. The first-order valence-electron chi connectivity index (χ1n) is 12.6. The lowest BCUT2D eigenvalue weighted by Crippen LogP contribution is -2.38. The third-order valence-corrected chi connectivity index (χ3v) is 9.45. The van der Waals surface area contributed by atoms with Gasteiger partial charge >= 0.3 is 0 Å². The van der Waals surface area contributed by atoms with Crippen molar-refractivity contribution in [3.05, 3.63) is 108 Å². The van der Waals surface area contributed by atoms with Crippen LogP contribution in [0.3, 0.4) is 0 Å². The van der Waals surface area contributed by atoms with Crippen molar-refractivity contribution in [2.24, 2.45) is 0 Å². The average molecular weight is 594 g/mol. The van der Waals surface area contributed by atoms with Gasteiger partial charge in [0, 0.05) is 5.69 Å². The van der Waals surface area contributed by atoms with Gasteiger partial charge in [0.1, 0.15) is 12.3 Å². The molecule has 2 N–H and O–H groups in total. The lowest BCUT2D eigenvalue weighted by Gasteiger charge is -2.26. The van der Waals surface area contributed by atoms with Gasteiger partial charge < -0.3 is 10.1 Å². The molecule has 0 unspecified atom stereocenters. The molecule has 214 valence electrons. The Labute approximate surface area is 240 Å². The SMILES string of the molecule is COc1ccc(C)cc1N(CC(=O)Nc1ccc(S(=O)(=O)Nc2ccc(C)cc2C)cc1)S(=O)(=O)c1ccccc1. The first-order chi connectivity index (χ1) is 19.4. The van der Waals surface area contributed by atoms with E-state index in [-0.39, 0.29) is 21.2 Å². The van der Waals surface area contributed by atoms with E-state index < -0.39 is 32.5 Å². The lowest BCUT2D eigenvalue weighted by atomic mass is 10.1. The molecule has 1 amide bonds. The maximum absolute atomic E-state index is 13.7. The molecule has 4 aromatic rings. The zero-order valence-corrected chi connectivity index (χ0v) is 24.7. The fourth-order valence-electron chi connectivity index (χ4n) is 4.19. The number of aryl methyl sites for hydroxylation is 3. The van der Waals surface area contributed by atoms with Crippen molar-refractivity contribution in [3.63, 3.8) is 0 Å². The Balaban J connectivity index is 1.57. The maximum atomic E-state index is 13.7. The van der Waals surface area contributed by atoms with Crippen molar-refractivity contribution in [3.8, 4) is 5.75 Å². The van der Waals surface area contributed by atoms with E-state index in [4.69, 9.17) is 4.74 Å². The van der Waals surface area contributed by atoms with Crippen molar-refractivity contribution in [2.75, 3.05) is 28.0 Å². The molecule has 0 aromatic heterocycles. The monoisotopic (exact) mass is 593 g/mol. The number of amides is 1. The highest BCUT2D eigenvalue weighted by Gasteiger charge is 2.29. The summed E-state index contributed by atoms with van der Waals surface area (Å²) in [6.07, 6.45) is 0. The Bertz CT molecular complexity index is 1770. The van der Waals surface area contributed by atoms with Crippen LogP contribution in [0.5, 0.6) is 5.75 Å². The summed E-state index contributed by atoms with van der Waals surface area (Å²) in [5, 5.41) is 2.66. The summed E-state index contributed by atoms with van der Waals surface area (Å²) in [6, 6.07) is 23.9. The van der Waals surface area contributed by atoms with Crippen LogP contribution in [0.15, 0.2) is 101 Å². The maximum Gasteiger partial charge on any atom is 0.264 e. The number of nitrogens with zero attached hydrogens (tertiary/aromatic N) is 1. The minimum atomic E-state index is -4.15. The summed E-state index contributed by atoms with van der Waals surface area (Å²) in [5.41, 5.74) is 3.57. The molecule has 0 heterocycles. The fraction of sp³-hybridized carbons (Fsp3) is 0.167. The van der Waals surface area contributed by atoms with Crippen LogP contribution in [0.25, 0.3) is 0 Å². The largest absolute Gasteiger partial charge is 0.495 e. The van der Waals surface area contributed by atoms with E-state index in [0.717, 1.165) is 21.0 Å². The number of sulfonamides is 2. The Morgan fingerprint density at radius 3 is 2.05 bits per heavy atom. The number of ether oxygens (including phenoxy) is 1. The second kappa shape index (κ2) is 12.0. The number of rotatable bonds is 10. The highest BCUT2D eigenvalue weighted by atomic mass is 32.2. The van der Waals surface area contributed by atoms with Crippen molar-refractivity contribution in [1.29, 1.82) is 0 Å². The van der Waals surface area contributed by atoms with E-state index in [1.54, 1.807) is 49.4 Å². The molecule has 0 spiro atoms. The number of nitrogens with one attached hydrogen (secondary N) is 2. The molecule has 0 saturated heterocycles. The molecule has 0 atom stereocenters. The molecule has 0 aliphatic heterocycles. The lowest BCUT2D eigenvalue weighted by molar-refractivity contribution is -0.114. The molecule has 0 bridgehead atoms. The Kier molecular flexibility index (Phi) is 8.69. The highest BCUT2D eigenvalue weighted by Crippen LogP contribution is 2.33. The molecule has 0 saturated carbocycles. The number of benzene rings is 4. The molecule has 4 rings (SSSR count). The van der Waals surface area contributed by atoms with Crippen LogP contribution in [0.4, 0.5) is 17.1 Å². The number of carbonyl (C=O) groups excluding carboxylic acids is 1. The van der Waals surface area contributed by atoms with Gasteiger partial charge in [-0.2, -0.15) is 0 Å². The summed E-state index contributed by atoms with van der Waals surface area (Å²) in [5.74, 6) is -0.342. The molecule has 0 radical (unpaired) electrons. The smallest absolute Gasteiger partial charge is 0.264 e. The Morgan fingerprint density at radius 1 is 0.780 bits per heavy atom. The second-order valence-electron chi connectivity index (χ2n) is 9.50. The topological polar surface area (TPSA) is 122 Å². The Hall–Kier alpha value is -4.35. The number of anilines is 3. The van der Waals surface area contributed by atoms with Crippen LogP contribution in [0.2, 0.25) is 0 Å². The third kappa shape index (κ3) is 6.87. The van der Waals surface area contributed by atoms with Gasteiger partial charge in [0.15, 0.2) is 0 Å². The minimum absolute atomic E-state index is 0.00764. The fourth-order valence-corrected chi connectivity index (χ4v) is 6.77. The molecule has 0 aliphatic carbocycles. The van der Waals surface area contributed by atoms with E-state index in [1.807, 2.05) is 26.0 Å². The predicted molar refractivity (Wildman–Crippen MR) is 161 cm³/mol. The van der Waals surface area contributed by atoms with Crippen LogP contribution in [-0.2, 0) is 24.8 Å². The zero-order valence-electron chi connectivity index (χ0n) is 23.1. The molecule has 0 aliphatic rings. The second-order valence-corrected chi connectivity index (χ2v) is 13.0. The van der Waals surface area contributed by atoms with Crippen LogP contribution < -0.4 is 19.1 Å². The number of methoxy groups -OCH3 is 1. The number of hydrogen-bond donors (Lipinski definition) is 2. The van der Waals surface area contributed by atoms with Gasteiger partial charge in [0.05, 0.1) is 28.3 Å². The molecule has 4 aromatic carbocycles. The van der Waals surface area contributed by atoms with Crippen molar-refractivity contribution in [1.82, 2.24) is 0 Å². The van der Waals surface area contributed by atoms with E-state index in [1.165, 1.54) is 43.5 Å². The van der Waals surface area contributed by atoms with Crippen LogP contribution in [0, 0.1) is 20.8 Å². The molecule has 9 nitrogen and oxygen atoms in total. The van der Waals surface area contributed by atoms with Crippen molar-refractivity contribution < 1.29 is 26.4 Å². The first kappa shape index (κ1) is 29.6. The molecular weight excluding hydrogens is 562 g/mol. The predicted octanol–water partition coefficient (Wildman–Crippen LogP) is 5.26. The van der Waals surface area contributed by atoms with E-state index >= 15 is 0 Å². The van der Waals surface area contributed by atoms with Gasteiger partial charge in [0.25, 0.3) is 20.0 Å². The number of carbonyl (C=O) groups is 1. The van der Waals surface area contributed by atoms with Gasteiger partial charge in [-0.15, -0.1) is 0 Å². The van der Waals surface area contributed by atoms with E-state index in [0.29, 0.717) is 11.4 Å². The van der Waals surface area contributed by atoms with Gasteiger partial charge in [0.2, 0.25) is 5.91 Å². The standard InChI is InChI=1S/C30H31N3O6S2/c1-21-10-16-27(23(3)18-21)32-40(35,36)25-14-12-24(13-15-25)31-30(34)20-33(28-19-22(2)11-17-29(28)39-4)41(37,38)26-8-6-5-7-9-26/h5-19,32H,20H2,1-4H3,(H,31,34). The van der Waals surface area contributed by atoms with Crippen LogP contribution in [-0.4, -0.2) is 36.4 Å². The minimum Gasteiger partial charge on any atom is -0.495 e. The molecule has 41 heavy (non-hydrogen) atoms. The number of hydrogen-bond acceptors (Lipinski definition) is 6. The van der Waals surface area contributed by atoms with E-state index in [9.17, 15) is 21.6 Å². The van der Waals surface area contributed by atoms with Gasteiger partial charge in [-0.25, -0.2) is 16.8 Å². The summed E-state index contributed by atoms with van der Waals surface area (Å²) < 4.78 is 62.2. The molecule has 11 heteroatoms. The van der Waals surface area contributed by atoms with Gasteiger partial charge in [-0.1, -0.05) is 42.0 Å². The van der Waals surface area contributed by atoms with Crippen LogP contribution >= 0.6 is 0 Å².